The van der Waals surface area contributed by atoms with Gasteiger partial charge in [-0.1, -0.05) is 15.9 Å². The minimum atomic E-state index is 0.0341. The highest BCUT2D eigenvalue weighted by Crippen LogP contribution is 2.19. The predicted octanol–water partition coefficient (Wildman–Crippen LogP) is 2.62. The summed E-state index contributed by atoms with van der Waals surface area (Å²) in [5, 5.41) is 15.3. The maximum Gasteiger partial charge on any atom is 0.170 e. The Morgan fingerprint density at radius 1 is 1.32 bits per heavy atom. The van der Waals surface area contributed by atoms with Crippen LogP contribution in [-0.2, 0) is 6.54 Å². The maximum absolute atomic E-state index is 4.08. The van der Waals surface area contributed by atoms with E-state index >= 15 is 0 Å². The molecule has 0 aliphatic carbocycles. The summed E-state index contributed by atoms with van der Waals surface area (Å²) in [4.78, 5) is 0. The lowest BCUT2D eigenvalue weighted by Crippen LogP contribution is -2.35. The van der Waals surface area contributed by atoms with Crippen molar-refractivity contribution in [3.8, 4) is 5.69 Å². The Morgan fingerprint density at radius 3 is 2.68 bits per heavy atom. The van der Waals surface area contributed by atoms with Crippen molar-refractivity contribution in [2.45, 2.75) is 39.8 Å². The molecule has 0 saturated carbocycles. The van der Waals surface area contributed by atoms with Gasteiger partial charge in [-0.05, 0) is 61.9 Å². The molecule has 0 saturated heterocycles. The number of hydrogen-bond acceptors (Lipinski definition) is 4. The fourth-order valence-electron chi connectivity index (χ4n) is 1.62. The zero-order valence-corrected chi connectivity index (χ0v) is 13.2. The van der Waals surface area contributed by atoms with Gasteiger partial charge in [0.15, 0.2) is 5.82 Å². The molecular weight excluding hydrogens is 306 g/mol. The molecule has 1 heterocycles. The fourth-order valence-corrected chi connectivity index (χ4v) is 1.87. The van der Waals surface area contributed by atoms with Crippen LogP contribution in [0.15, 0.2) is 22.7 Å². The third-order valence-corrected chi connectivity index (χ3v) is 3.59. The average molecular weight is 324 g/mol. The molecule has 0 aliphatic heterocycles. The van der Waals surface area contributed by atoms with Crippen LogP contribution in [0.5, 0.6) is 0 Å². The molecule has 0 amide bonds. The van der Waals surface area contributed by atoms with Crippen molar-refractivity contribution >= 4 is 15.9 Å². The first-order chi connectivity index (χ1) is 8.87. The van der Waals surface area contributed by atoms with E-state index in [2.05, 4.69) is 63.6 Å². The summed E-state index contributed by atoms with van der Waals surface area (Å²) in [6.45, 7) is 9.03. The molecule has 5 nitrogen and oxygen atoms in total. The zero-order chi connectivity index (χ0) is 14.0. The molecule has 0 spiro atoms. The molecule has 0 radical (unpaired) electrons. The van der Waals surface area contributed by atoms with Crippen molar-refractivity contribution in [1.29, 1.82) is 0 Å². The summed E-state index contributed by atoms with van der Waals surface area (Å²) in [7, 11) is 0. The van der Waals surface area contributed by atoms with Crippen LogP contribution in [0.3, 0.4) is 0 Å². The van der Waals surface area contributed by atoms with Crippen LogP contribution < -0.4 is 5.32 Å². The highest BCUT2D eigenvalue weighted by Gasteiger charge is 2.13. The van der Waals surface area contributed by atoms with Crippen molar-refractivity contribution in [1.82, 2.24) is 25.5 Å². The molecule has 0 unspecified atom stereocenters. The molecule has 0 fully saturated rings. The van der Waals surface area contributed by atoms with Crippen LogP contribution in [0.4, 0.5) is 0 Å². The Kier molecular flexibility index (Phi) is 4.01. The topological polar surface area (TPSA) is 55.6 Å². The van der Waals surface area contributed by atoms with E-state index in [4.69, 9.17) is 0 Å². The number of benzene rings is 1. The maximum atomic E-state index is 4.08. The van der Waals surface area contributed by atoms with Gasteiger partial charge in [-0.15, -0.1) is 5.10 Å². The van der Waals surface area contributed by atoms with Gasteiger partial charge >= 0.3 is 0 Å². The number of aromatic nitrogens is 4. The van der Waals surface area contributed by atoms with Gasteiger partial charge in [-0.3, -0.25) is 0 Å². The third-order valence-electron chi connectivity index (χ3n) is 2.70. The quantitative estimate of drug-likeness (QED) is 0.943. The van der Waals surface area contributed by atoms with E-state index in [1.54, 1.807) is 4.68 Å². The molecule has 0 bridgehead atoms. The number of halogens is 1. The van der Waals surface area contributed by atoms with Gasteiger partial charge in [0, 0.05) is 10.0 Å². The van der Waals surface area contributed by atoms with Crippen LogP contribution in [0.25, 0.3) is 5.69 Å². The van der Waals surface area contributed by atoms with Gasteiger partial charge in [0.2, 0.25) is 0 Å². The summed E-state index contributed by atoms with van der Waals surface area (Å²) in [6, 6.07) is 6.06. The van der Waals surface area contributed by atoms with Crippen molar-refractivity contribution in [2.75, 3.05) is 0 Å². The second-order valence-electron chi connectivity index (χ2n) is 5.54. The van der Waals surface area contributed by atoms with Crippen molar-refractivity contribution in [3.05, 3.63) is 34.1 Å². The number of nitrogens with zero attached hydrogens (tertiary/aromatic N) is 4. The Hall–Kier alpha value is -1.27. The molecule has 1 aromatic heterocycles. The minimum Gasteiger partial charge on any atom is -0.305 e. The SMILES string of the molecule is Cc1cc(-n2nnnc2CNC(C)(C)C)ccc1Br. The highest BCUT2D eigenvalue weighted by molar-refractivity contribution is 9.10. The minimum absolute atomic E-state index is 0.0341. The first kappa shape index (κ1) is 14.1. The van der Waals surface area contributed by atoms with Gasteiger partial charge in [-0.25, -0.2) is 0 Å². The van der Waals surface area contributed by atoms with Crippen LogP contribution >= 0.6 is 15.9 Å². The summed E-state index contributed by atoms with van der Waals surface area (Å²) in [5.74, 6) is 0.802. The van der Waals surface area contributed by atoms with E-state index in [0.29, 0.717) is 6.54 Å². The van der Waals surface area contributed by atoms with Gasteiger partial charge in [0.25, 0.3) is 0 Å². The van der Waals surface area contributed by atoms with Crippen LogP contribution in [0.1, 0.15) is 32.2 Å². The lowest BCUT2D eigenvalue weighted by atomic mass is 10.1. The molecule has 19 heavy (non-hydrogen) atoms. The Bertz CT molecular complexity index is 571. The van der Waals surface area contributed by atoms with E-state index in [-0.39, 0.29) is 5.54 Å². The first-order valence-corrected chi connectivity index (χ1v) is 6.95. The van der Waals surface area contributed by atoms with Crippen molar-refractivity contribution < 1.29 is 0 Å². The molecule has 102 valence electrons. The van der Waals surface area contributed by atoms with E-state index < -0.39 is 0 Å². The van der Waals surface area contributed by atoms with E-state index in [1.165, 1.54) is 0 Å². The largest absolute Gasteiger partial charge is 0.305 e. The molecule has 1 aromatic carbocycles. The van der Waals surface area contributed by atoms with Crippen LogP contribution in [-0.4, -0.2) is 25.7 Å². The first-order valence-electron chi connectivity index (χ1n) is 6.15. The average Bonchev–Trinajstić information content (AvgIpc) is 2.77. The fraction of sp³-hybridized carbons (Fsp3) is 0.462. The summed E-state index contributed by atoms with van der Waals surface area (Å²) < 4.78 is 2.84. The molecular formula is C13H18BrN5. The Balaban J connectivity index is 2.26. The Morgan fingerprint density at radius 2 is 2.05 bits per heavy atom. The molecule has 0 atom stereocenters. The summed E-state index contributed by atoms with van der Waals surface area (Å²) >= 11 is 3.49. The second-order valence-corrected chi connectivity index (χ2v) is 6.40. The van der Waals surface area contributed by atoms with Crippen LogP contribution in [0.2, 0.25) is 0 Å². The number of tetrazole rings is 1. The highest BCUT2D eigenvalue weighted by atomic mass is 79.9. The second kappa shape index (κ2) is 5.38. The normalized spacial score (nSPS) is 11.8. The van der Waals surface area contributed by atoms with E-state index in [0.717, 1.165) is 21.5 Å². The smallest absolute Gasteiger partial charge is 0.170 e. The predicted molar refractivity (Wildman–Crippen MR) is 78.2 cm³/mol. The number of hydrogen-bond donors (Lipinski definition) is 1. The lowest BCUT2D eigenvalue weighted by molar-refractivity contribution is 0.415. The molecule has 1 N–H and O–H groups in total. The summed E-state index contributed by atoms with van der Waals surface area (Å²) in [5.41, 5.74) is 2.16. The Labute approximate surface area is 121 Å². The molecule has 2 aromatic rings. The van der Waals surface area contributed by atoms with E-state index in [9.17, 15) is 0 Å². The molecule has 6 heteroatoms. The van der Waals surface area contributed by atoms with Crippen molar-refractivity contribution in [3.63, 3.8) is 0 Å². The van der Waals surface area contributed by atoms with Gasteiger partial charge < -0.3 is 5.32 Å². The van der Waals surface area contributed by atoms with E-state index in [1.807, 2.05) is 19.1 Å². The third kappa shape index (κ3) is 3.61. The van der Waals surface area contributed by atoms with Crippen molar-refractivity contribution in [2.24, 2.45) is 0 Å². The molecule has 0 aliphatic rings. The monoisotopic (exact) mass is 323 g/mol. The van der Waals surface area contributed by atoms with Crippen LogP contribution in [0, 0.1) is 6.92 Å². The lowest BCUT2D eigenvalue weighted by Gasteiger charge is -2.19. The molecule has 2 rings (SSSR count). The van der Waals surface area contributed by atoms with Gasteiger partial charge in [0.05, 0.1) is 12.2 Å². The van der Waals surface area contributed by atoms with Gasteiger partial charge in [0.1, 0.15) is 0 Å². The van der Waals surface area contributed by atoms with Gasteiger partial charge in [-0.2, -0.15) is 4.68 Å². The standard InChI is InChI=1S/C13H18BrN5/c1-9-7-10(5-6-11(9)14)19-12(16-17-18-19)8-15-13(2,3)4/h5-7,15H,8H2,1-4H3. The zero-order valence-electron chi connectivity index (χ0n) is 11.6. The number of nitrogens with one attached hydrogen (secondary N) is 1. The number of aryl methyl sites for hydroxylation is 1. The summed E-state index contributed by atoms with van der Waals surface area (Å²) in [6.07, 6.45) is 0. The number of rotatable bonds is 3.